The Morgan fingerprint density at radius 1 is 1.47 bits per heavy atom. The van der Waals surface area contributed by atoms with Crippen LogP contribution in [0.4, 0.5) is 14.5 Å². The summed E-state index contributed by atoms with van der Waals surface area (Å²) in [5.74, 6) is -4.59. The van der Waals surface area contributed by atoms with Crippen molar-refractivity contribution in [2.24, 2.45) is 0 Å². The maximum atomic E-state index is 13.5. The van der Waals surface area contributed by atoms with Crippen molar-refractivity contribution >= 4 is 11.7 Å². The van der Waals surface area contributed by atoms with E-state index < -0.39 is 40.1 Å². The molecule has 1 atom stereocenters. The van der Waals surface area contributed by atoms with Crippen LogP contribution < -0.4 is 4.74 Å². The lowest BCUT2D eigenvalue weighted by Gasteiger charge is -2.13. The number of hydrogen-bond donors (Lipinski definition) is 0. The summed E-state index contributed by atoms with van der Waals surface area (Å²) >= 11 is 0. The molecule has 0 aliphatic carbocycles. The van der Waals surface area contributed by atoms with E-state index in [9.17, 15) is 23.7 Å². The Kier molecular flexibility index (Phi) is 4.74. The van der Waals surface area contributed by atoms with E-state index >= 15 is 0 Å². The predicted octanol–water partition coefficient (Wildman–Crippen LogP) is 2.20. The smallest absolute Gasteiger partial charge is 0.347 e. The second kappa shape index (κ2) is 6.07. The molecule has 0 aliphatic rings. The highest BCUT2D eigenvalue weighted by Gasteiger charge is 2.27. The Labute approximate surface area is 107 Å². The van der Waals surface area contributed by atoms with E-state index in [2.05, 4.69) is 4.74 Å². The molecule has 0 saturated heterocycles. The Bertz CT molecular complexity index is 506. The molecule has 0 unspecified atom stereocenters. The molecule has 6 nitrogen and oxygen atoms in total. The van der Waals surface area contributed by atoms with Gasteiger partial charge >= 0.3 is 11.7 Å². The Balaban J connectivity index is 3.08. The van der Waals surface area contributed by atoms with Crippen LogP contribution in [0.1, 0.15) is 13.8 Å². The number of nitrogens with zero attached hydrogens (tertiary/aromatic N) is 1. The molecule has 19 heavy (non-hydrogen) atoms. The molecule has 0 aliphatic heterocycles. The van der Waals surface area contributed by atoms with Gasteiger partial charge in [-0.15, -0.1) is 0 Å². The molecule has 0 heterocycles. The van der Waals surface area contributed by atoms with E-state index in [0.717, 1.165) is 6.07 Å². The van der Waals surface area contributed by atoms with Crippen LogP contribution in [0.15, 0.2) is 12.1 Å². The van der Waals surface area contributed by atoms with E-state index in [1.807, 2.05) is 0 Å². The van der Waals surface area contributed by atoms with Crippen LogP contribution in [0.5, 0.6) is 5.75 Å². The minimum Gasteiger partial charge on any atom is -0.470 e. The van der Waals surface area contributed by atoms with Gasteiger partial charge in [-0.1, -0.05) is 0 Å². The fourth-order valence-electron chi connectivity index (χ4n) is 1.26. The summed E-state index contributed by atoms with van der Waals surface area (Å²) in [5, 5.41) is 10.7. The molecule has 0 saturated carbocycles. The lowest BCUT2D eigenvalue weighted by molar-refractivity contribution is -0.386. The Morgan fingerprint density at radius 2 is 2.11 bits per heavy atom. The van der Waals surface area contributed by atoms with Crippen LogP contribution in [-0.4, -0.2) is 23.6 Å². The first-order valence-corrected chi connectivity index (χ1v) is 5.34. The number of esters is 1. The van der Waals surface area contributed by atoms with Crippen molar-refractivity contribution < 1.29 is 28.0 Å². The van der Waals surface area contributed by atoms with Crippen molar-refractivity contribution in [1.29, 1.82) is 0 Å². The number of benzene rings is 1. The number of carbonyl (C=O) groups excluding carboxylic acids is 1. The topological polar surface area (TPSA) is 78.7 Å². The fraction of sp³-hybridized carbons (Fsp3) is 0.364. The number of nitro benzene ring substituents is 1. The van der Waals surface area contributed by atoms with Crippen LogP contribution >= 0.6 is 0 Å². The largest absolute Gasteiger partial charge is 0.470 e. The van der Waals surface area contributed by atoms with Gasteiger partial charge in [0.25, 0.3) is 0 Å². The van der Waals surface area contributed by atoms with E-state index in [4.69, 9.17) is 4.74 Å². The molecule has 0 N–H and O–H groups in total. The predicted molar refractivity (Wildman–Crippen MR) is 59.7 cm³/mol. The molecule has 0 fully saturated rings. The molecule has 0 bridgehead atoms. The number of carbonyl (C=O) groups is 1. The van der Waals surface area contributed by atoms with Crippen LogP contribution in [-0.2, 0) is 9.53 Å². The molecule has 1 aromatic rings. The summed E-state index contributed by atoms with van der Waals surface area (Å²) in [6.07, 6.45) is -1.30. The SMILES string of the molecule is CCOC(=O)[C@@H](C)Oc1c([N+](=O)[O-])ccc(F)c1F. The lowest BCUT2D eigenvalue weighted by atomic mass is 10.2. The molecule has 1 rings (SSSR count). The maximum absolute atomic E-state index is 13.5. The Hall–Kier alpha value is -2.25. The summed E-state index contributed by atoms with van der Waals surface area (Å²) in [4.78, 5) is 21.0. The minimum absolute atomic E-state index is 0.0697. The average molecular weight is 275 g/mol. The van der Waals surface area contributed by atoms with Gasteiger partial charge in [0.15, 0.2) is 11.9 Å². The first kappa shape index (κ1) is 14.8. The third-order valence-electron chi connectivity index (χ3n) is 2.14. The molecule has 0 spiro atoms. The molecular formula is C11H11F2NO5. The summed E-state index contributed by atoms with van der Waals surface area (Å²) in [6.45, 7) is 2.84. The van der Waals surface area contributed by atoms with E-state index in [-0.39, 0.29) is 6.61 Å². The summed E-state index contributed by atoms with van der Waals surface area (Å²) in [6, 6.07) is 1.36. The molecule has 0 radical (unpaired) electrons. The van der Waals surface area contributed by atoms with Gasteiger partial charge in [0, 0.05) is 6.07 Å². The number of rotatable bonds is 5. The van der Waals surface area contributed by atoms with Gasteiger partial charge in [-0.2, -0.15) is 4.39 Å². The summed E-state index contributed by atoms with van der Waals surface area (Å²) in [5.41, 5.74) is -0.768. The van der Waals surface area contributed by atoms with Crippen LogP contribution in [0.3, 0.4) is 0 Å². The molecular weight excluding hydrogens is 264 g/mol. The van der Waals surface area contributed by atoms with E-state index in [1.54, 1.807) is 6.92 Å². The minimum atomic E-state index is -1.52. The zero-order valence-electron chi connectivity index (χ0n) is 10.2. The summed E-state index contributed by atoms with van der Waals surface area (Å²) < 4.78 is 35.9. The number of halogens is 2. The number of nitro groups is 1. The monoisotopic (exact) mass is 275 g/mol. The second-order valence-corrected chi connectivity index (χ2v) is 3.48. The van der Waals surface area contributed by atoms with Crippen LogP contribution in [0, 0.1) is 21.7 Å². The Morgan fingerprint density at radius 3 is 2.63 bits per heavy atom. The third kappa shape index (κ3) is 3.36. The van der Waals surface area contributed by atoms with Crippen LogP contribution in [0.25, 0.3) is 0 Å². The highest BCUT2D eigenvalue weighted by molar-refractivity contribution is 5.74. The zero-order chi connectivity index (χ0) is 14.6. The quantitative estimate of drug-likeness (QED) is 0.467. The molecule has 0 aromatic heterocycles. The van der Waals surface area contributed by atoms with Gasteiger partial charge in [-0.25, -0.2) is 9.18 Å². The third-order valence-corrected chi connectivity index (χ3v) is 2.14. The highest BCUT2D eigenvalue weighted by Crippen LogP contribution is 2.32. The fourth-order valence-corrected chi connectivity index (χ4v) is 1.26. The first-order valence-electron chi connectivity index (χ1n) is 5.34. The van der Waals surface area contributed by atoms with Gasteiger partial charge in [-0.3, -0.25) is 10.1 Å². The maximum Gasteiger partial charge on any atom is 0.347 e. The van der Waals surface area contributed by atoms with E-state index in [0.29, 0.717) is 6.07 Å². The summed E-state index contributed by atoms with van der Waals surface area (Å²) in [7, 11) is 0. The normalized spacial score (nSPS) is 11.8. The number of hydrogen-bond acceptors (Lipinski definition) is 5. The molecule has 1 aromatic carbocycles. The molecule has 104 valence electrons. The van der Waals surface area contributed by atoms with Crippen molar-refractivity contribution in [3.63, 3.8) is 0 Å². The molecule has 8 heteroatoms. The zero-order valence-corrected chi connectivity index (χ0v) is 10.2. The van der Waals surface area contributed by atoms with Crippen molar-refractivity contribution in [2.75, 3.05) is 6.61 Å². The van der Waals surface area contributed by atoms with Crippen molar-refractivity contribution in [3.05, 3.63) is 33.9 Å². The molecule has 0 amide bonds. The number of ether oxygens (including phenoxy) is 2. The van der Waals surface area contributed by atoms with Gasteiger partial charge in [0.1, 0.15) is 0 Å². The van der Waals surface area contributed by atoms with Crippen molar-refractivity contribution in [2.45, 2.75) is 20.0 Å². The van der Waals surface area contributed by atoms with Gasteiger partial charge in [0.05, 0.1) is 11.5 Å². The van der Waals surface area contributed by atoms with Crippen molar-refractivity contribution in [3.8, 4) is 5.75 Å². The van der Waals surface area contributed by atoms with Crippen LogP contribution in [0.2, 0.25) is 0 Å². The lowest BCUT2D eigenvalue weighted by Crippen LogP contribution is -2.26. The standard InChI is InChI=1S/C11H11F2NO5/c1-3-18-11(15)6(2)19-10-8(14(16)17)5-4-7(12)9(10)13/h4-6H,3H2,1-2H3/t6-/m1/s1. The van der Waals surface area contributed by atoms with Gasteiger partial charge in [0.2, 0.25) is 11.6 Å². The van der Waals surface area contributed by atoms with Gasteiger partial charge in [-0.05, 0) is 19.9 Å². The average Bonchev–Trinajstić information content (AvgIpc) is 2.34. The highest BCUT2D eigenvalue weighted by atomic mass is 19.2. The first-order chi connectivity index (χ1) is 8.88. The second-order valence-electron chi connectivity index (χ2n) is 3.48. The van der Waals surface area contributed by atoms with E-state index in [1.165, 1.54) is 6.92 Å². The van der Waals surface area contributed by atoms with Gasteiger partial charge < -0.3 is 9.47 Å². The van der Waals surface area contributed by atoms with Crippen molar-refractivity contribution in [1.82, 2.24) is 0 Å².